The first-order valence-corrected chi connectivity index (χ1v) is 4.58. The van der Waals surface area contributed by atoms with Crippen molar-refractivity contribution in [1.82, 2.24) is 4.57 Å². The number of aliphatic hydroxyl groups excluding tert-OH is 1. The van der Waals surface area contributed by atoms with Crippen LogP contribution in [0, 0.1) is 0 Å². The standard InChI is InChI=1S/C10H13NO2/c1-7(12)8-4-6-11-5-2-3-9(13)10(8)11/h4,6,9,13H,2-3,5H2,1H3. The fourth-order valence-corrected chi connectivity index (χ4v) is 1.94. The van der Waals surface area contributed by atoms with Crippen molar-refractivity contribution in [2.45, 2.75) is 32.4 Å². The molecule has 0 saturated heterocycles. The lowest BCUT2D eigenvalue weighted by Gasteiger charge is -2.21. The maximum absolute atomic E-state index is 11.2. The van der Waals surface area contributed by atoms with Crippen LogP contribution >= 0.6 is 0 Å². The van der Waals surface area contributed by atoms with Crippen molar-refractivity contribution in [2.75, 3.05) is 0 Å². The van der Waals surface area contributed by atoms with Gasteiger partial charge in [0.1, 0.15) is 0 Å². The quantitative estimate of drug-likeness (QED) is 0.664. The van der Waals surface area contributed by atoms with Crippen LogP contribution in [0.5, 0.6) is 0 Å². The second-order valence-corrected chi connectivity index (χ2v) is 3.52. The second kappa shape index (κ2) is 3.00. The predicted molar refractivity (Wildman–Crippen MR) is 48.6 cm³/mol. The van der Waals surface area contributed by atoms with Gasteiger partial charge in [0.05, 0.1) is 11.8 Å². The van der Waals surface area contributed by atoms with Gasteiger partial charge < -0.3 is 9.67 Å². The molecule has 0 saturated carbocycles. The Morgan fingerprint density at radius 1 is 1.69 bits per heavy atom. The monoisotopic (exact) mass is 179 g/mol. The minimum absolute atomic E-state index is 0.0368. The molecule has 0 aromatic carbocycles. The normalized spacial score (nSPS) is 21.2. The van der Waals surface area contributed by atoms with Gasteiger partial charge in [-0.3, -0.25) is 4.79 Å². The van der Waals surface area contributed by atoms with Crippen molar-refractivity contribution >= 4 is 5.78 Å². The van der Waals surface area contributed by atoms with Gasteiger partial charge in [-0.15, -0.1) is 0 Å². The van der Waals surface area contributed by atoms with E-state index >= 15 is 0 Å². The van der Waals surface area contributed by atoms with Gasteiger partial charge in [0, 0.05) is 18.3 Å². The molecule has 13 heavy (non-hydrogen) atoms. The minimum Gasteiger partial charge on any atom is -0.387 e. The van der Waals surface area contributed by atoms with Crippen molar-refractivity contribution in [1.29, 1.82) is 0 Å². The van der Waals surface area contributed by atoms with Gasteiger partial charge in [0.15, 0.2) is 5.78 Å². The average molecular weight is 179 g/mol. The molecule has 0 amide bonds. The summed E-state index contributed by atoms with van der Waals surface area (Å²) in [5, 5.41) is 9.71. The van der Waals surface area contributed by atoms with Gasteiger partial charge in [0.25, 0.3) is 0 Å². The number of rotatable bonds is 1. The lowest BCUT2D eigenvalue weighted by Crippen LogP contribution is -2.16. The van der Waals surface area contributed by atoms with Crippen molar-refractivity contribution in [3.63, 3.8) is 0 Å². The Kier molecular flexibility index (Phi) is 1.96. The summed E-state index contributed by atoms with van der Waals surface area (Å²) in [6.45, 7) is 2.46. The van der Waals surface area contributed by atoms with Gasteiger partial charge in [-0.05, 0) is 25.8 Å². The van der Waals surface area contributed by atoms with Gasteiger partial charge in [-0.2, -0.15) is 0 Å². The molecule has 1 N–H and O–H groups in total. The highest BCUT2D eigenvalue weighted by Gasteiger charge is 2.22. The van der Waals surface area contributed by atoms with Crippen LogP contribution in [-0.4, -0.2) is 15.5 Å². The zero-order valence-electron chi connectivity index (χ0n) is 7.66. The number of hydrogen-bond acceptors (Lipinski definition) is 2. The molecule has 0 aliphatic carbocycles. The summed E-state index contributed by atoms with van der Waals surface area (Å²) in [4.78, 5) is 11.2. The van der Waals surface area contributed by atoms with Crippen molar-refractivity contribution in [3.05, 3.63) is 23.5 Å². The highest BCUT2D eigenvalue weighted by Crippen LogP contribution is 2.28. The summed E-state index contributed by atoms with van der Waals surface area (Å²) in [5.74, 6) is 0.0368. The van der Waals surface area contributed by atoms with Gasteiger partial charge >= 0.3 is 0 Å². The van der Waals surface area contributed by atoms with Crippen molar-refractivity contribution < 1.29 is 9.90 Å². The first kappa shape index (κ1) is 8.51. The Hall–Kier alpha value is -1.09. The first-order chi connectivity index (χ1) is 6.20. The number of carbonyl (C=O) groups excluding carboxylic acids is 1. The Labute approximate surface area is 77.0 Å². The number of aliphatic hydroxyl groups is 1. The van der Waals surface area contributed by atoms with Gasteiger partial charge in [-0.25, -0.2) is 0 Å². The van der Waals surface area contributed by atoms with E-state index in [0.717, 1.165) is 25.1 Å². The van der Waals surface area contributed by atoms with Crippen LogP contribution in [0.15, 0.2) is 12.3 Å². The number of aromatic nitrogens is 1. The summed E-state index contributed by atoms with van der Waals surface area (Å²) in [5.41, 5.74) is 1.48. The predicted octanol–water partition coefficient (Wildman–Crippen LogP) is 1.52. The lowest BCUT2D eigenvalue weighted by molar-refractivity contribution is 0.0995. The van der Waals surface area contributed by atoms with E-state index in [9.17, 15) is 9.90 Å². The van der Waals surface area contributed by atoms with Gasteiger partial charge in [-0.1, -0.05) is 0 Å². The number of nitrogens with zero attached hydrogens (tertiary/aromatic N) is 1. The molecule has 0 bridgehead atoms. The Balaban J connectivity index is 2.50. The Morgan fingerprint density at radius 2 is 2.46 bits per heavy atom. The largest absolute Gasteiger partial charge is 0.387 e. The molecule has 1 aliphatic heterocycles. The molecule has 0 fully saturated rings. The molecule has 1 unspecified atom stereocenters. The molecule has 0 radical (unpaired) electrons. The first-order valence-electron chi connectivity index (χ1n) is 4.58. The molecule has 3 heteroatoms. The zero-order chi connectivity index (χ0) is 9.42. The minimum atomic E-state index is -0.456. The van der Waals surface area contributed by atoms with E-state index in [2.05, 4.69) is 0 Å². The Morgan fingerprint density at radius 3 is 3.15 bits per heavy atom. The Bertz CT molecular complexity index is 341. The smallest absolute Gasteiger partial charge is 0.161 e. The molecule has 2 heterocycles. The number of hydrogen-bond donors (Lipinski definition) is 1. The molecule has 2 rings (SSSR count). The maximum atomic E-state index is 11.2. The van der Waals surface area contributed by atoms with E-state index in [-0.39, 0.29) is 5.78 Å². The van der Waals surface area contributed by atoms with E-state index in [1.54, 1.807) is 6.07 Å². The third-order valence-corrected chi connectivity index (χ3v) is 2.58. The van der Waals surface area contributed by atoms with Crippen LogP contribution in [0.4, 0.5) is 0 Å². The number of Topliss-reactive ketones (excluding diaryl/α,β-unsaturated/α-hetero) is 1. The van der Waals surface area contributed by atoms with E-state index in [4.69, 9.17) is 0 Å². The highest BCUT2D eigenvalue weighted by atomic mass is 16.3. The average Bonchev–Trinajstić information content (AvgIpc) is 2.49. The second-order valence-electron chi connectivity index (χ2n) is 3.52. The molecule has 1 aromatic heterocycles. The SMILES string of the molecule is CC(=O)c1ccn2c1C(O)CCC2. The molecule has 70 valence electrons. The summed E-state index contributed by atoms with van der Waals surface area (Å²) in [6, 6.07) is 1.80. The van der Waals surface area contributed by atoms with Crippen molar-refractivity contribution in [3.8, 4) is 0 Å². The van der Waals surface area contributed by atoms with Crippen LogP contribution in [-0.2, 0) is 6.54 Å². The number of carbonyl (C=O) groups is 1. The third-order valence-electron chi connectivity index (χ3n) is 2.58. The summed E-state index contributed by atoms with van der Waals surface area (Å²) in [6.07, 6.45) is 3.18. The van der Waals surface area contributed by atoms with Crippen LogP contribution < -0.4 is 0 Å². The summed E-state index contributed by atoms with van der Waals surface area (Å²) in [7, 11) is 0. The van der Waals surface area contributed by atoms with E-state index < -0.39 is 6.10 Å². The molecule has 1 aliphatic rings. The van der Waals surface area contributed by atoms with Crippen LogP contribution in [0.3, 0.4) is 0 Å². The summed E-state index contributed by atoms with van der Waals surface area (Å²) >= 11 is 0. The molecular formula is C10H13NO2. The maximum Gasteiger partial charge on any atom is 0.161 e. The molecule has 1 aromatic rings. The number of fused-ring (bicyclic) bond motifs is 1. The third kappa shape index (κ3) is 1.29. The fourth-order valence-electron chi connectivity index (χ4n) is 1.94. The van der Waals surface area contributed by atoms with Crippen LogP contribution in [0.1, 0.15) is 41.9 Å². The van der Waals surface area contributed by atoms with Crippen LogP contribution in [0.2, 0.25) is 0 Å². The van der Waals surface area contributed by atoms with Gasteiger partial charge in [0.2, 0.25) is 0 Å². The number of ketones is 1. The van der Waals surface area contributed by atoms with E-state index in [1.165, 1.54) is 6.92 Å². The molecule has 1 atom stereocenters. The van der Waals surface area contributed by atoms with E-state index in [1.807, 2.05) is 10.8 Å². The molecular weight excluding hydrogens is 166 g/mol. The van der Waals surface area contributed by atoms with Crippen LogP contribution in [0.25, 0.3) is 0 Å². The molecule has 3 nitrogen and oxygen atoms in total. The number of aryl methyl sites for hydroxylation is 1. The van der Waals surface area contributed by atoms with Crippen molar-refractivity contribution in [2.24, 2.45) is 0 Å². The fraction of sp³-hybridized carbons (Fsp3) is 0.500. The highest BCUT2D eigenvalue weighted by molar-refractivity contribution is 5.95. The lowest BCUT2D eigenvalue weighted by atomic mass is 10.0. The topological polar surface area (TPSA) is 42.2 Å². The summed E-state index contributed by atoms with van der Waals surface area (Å²) < 4.78 is 1.98. The molecule has 0 spiro atoms. The zero-order valence-corrected chi connectivity index (χ0v) is 7.66. The van der Waals surface area contributed by atoms with E-state index in [0.29, 0.717) is 5.56 Å².